The quantitative estimate of drug-likeness (QED) is 0.447. The lowest BCUT2D eigenvalue weighted by atomic mass is 9.94. The van der Waals surface area contributed by atoms with Crippen molar-refractivity contribution in [3.8, 4) is 11.5 Å². The highest BCUT2D eigenvalue weighted by molar-refractivity contribution is 6.46. The highest BCUT2D eigenvalue weighted by Gasteiger charge is 2.45. The molecule has 1 atom stereocenters. The summed E-state index contributed by atoms with van der Waals surface area (Å²) in [5, 5.41) is 11.1. The molecule has 1 saturated heterocycles. The molecule has 0 spiro atoms. The normalized spacial score (nSPS) is 19.7. The largest absolute Gasteiger partial charge is 0.507 e. The monoisotopic (exact) mass is 407 g/mol. The first kappa shape index (κ1) is 20.0. The van der Waals surface area contributed by atoms with E-state index in [4.69, 9.17) is 9.47 Å². The molecule has 0 bridgehead atoms. The number of amides is 1. The number of methoxy groups -OCH3 is 1. The fourth-order valence-electron chi connectivity index (χ4n) is 4.09. The fraction of sp³-hybridized carbons (Fsp3) is 0.333. The number of ether oxygens (including phenoxy) is 2. The predicted octanol–water partition coefficient (Wildman–Crippen LogP) is 3.85. The molecule has 0 saturated carbocycles. The van der Waals surface area contributed by atoms with Crippen molar-refractivity contribution in [1.29, 1.82) is 0 Å². The maximum atomic E-state index is 13.0. The highest BCUT2D eigenvalue weighted by atomic mass is 16.5. The second kappa shape index (κ2) is 8.22. The van der Waals surface area contributed by atoms with E-state index in [2.05, 4.69) is 0 Å². The molecule has 1 amide bonds. The Labute approximate surface area is 175 Å². The molecule has 1 unspecified atom stereocenters. The van der Waals surface area contributed by atoms with Gasteiger partial charge in [-0.1, -0.05) is 25.5 Å². The van der Waals surface area contributed by atoms with Crippen LogP contribution in [0.15, 0.2) is 48.0 Å². The molecular weight excluding hydrogens is 382 g/mol. The lowest BCUT2D eigenvalue weighted by Gasteiger charge is -2.25. The molecule has 2 heterocycles. The number of likely N-dealkylation sites (tertiary alicyclic amines) is 1. The van der Waals surface area contributed by atoms with Gasteiger partial charge < -0.3 is 19.5 Å². The van der Waals surface area contributed by atoms with Gasteiger partial charge in [-0.3, -0.25) is 9.59 Å². The van der Waals surface area contributed by atoms with E-state index in [1.165, 1.54) is 0 Å². The third-order valence-corrected chi connectivity index (χ3v) is 5.66. The van der Waals surface area contributed by atoms with E-state index in [-0.39, 0.29) is 11.3 Å². The summed E-state index contributed by atoms with van der Waals surface area (Å²) in [5.41, 5.74) is 2.34. The smallest absolute Gasteiger partial charge is 0.295 e. The number of carbonyl (C=O) groups excluding carboxylic acids is 2. The lowest BCUT2D eigenvalue weighted by molar-refractivity contribution is -0.139. The zero-order valence-corrected chi connectivity index (χ0v) is 17.2. The summed E-state index contributed by atoms with van der Waals surface area (Å²) in [6.07, 6.45) is 2.41. The fourth-order valence-corrected chi connectivity index (χ4v) is 4.09. The van der Waals surface area contributed by atoms with Crippen LogP contribution in [0.4, 0.5) is 0 Å². The number of rotatable bonds is 6. The van der Waals surface area contributed by atoms with Crippen molar-refractivity contribution in [3.05, 3.63) is 64.7 Å². The maximum absolute atomic E-state index is 13.0. The molecule has 1 N–H and O–H groups in total. The number of fused-ring (bicyclic) bond motifs is 1. The predicted molar refractivity (Wildman–Crippen MR) is 113 cm³/mol. The van der Waals surface area contributed by atoms with Crippen LogP contribution in [0, 0.1) is 0 Å². The summed E-state index contributed by atoms with van der Waals surface area (Å²) < 4.78 is 10.9. The number of aliphatic hydroxyl groups excluding tert-OH is 1. The Morgan fingerprint density at radius 2 is 2.07 bits per heavy atom. The Hall–Kier alpha value is -3.28. The number of benzene rings is 2. The van der Waals surface area contributed by atoms with Crippen molar-refractivity contribution in [3.63, 3.8) is 0 Å². The second-order valence-corrected chi connectivity index (χ2v) is 7.54. The molecule has 6 heteroatoms. The summed E-state index contributed by atoms with van der Waals surface area (Å²) in [6.45, 7) is 3.08. The van der Waals surface area contributed by atoms with Crippen molar-refractivity contribution in [1.82, 2.24) is 4.90 Å². The maximum Gasteiger partial charge on any atom is 0.295 e. The molecule has 2 aliphatic rings. The van der Waals surface area contributed by atoms with E-state index in [0.29, 0.717) is 24.5 Å². The summed E-state index contributed by atoms with van der Waals surface area (Å²) in [7, 11) is 1.57. The van der Waals surface area contributed by atoms with Crippen LogP contribution in [0.2, 0.25) is 0 Å². The van der Waals surface area contributed by atoms with Gasteiger partial charge in [0.15, 0.2) is 0 Å². The van der Waals surface area contributed by atoms with Crippen LogP contribution >= 0.6 is 0 Å². The standard InChI is InChI=1S/C24H25NO5/c1-3-4-11-25-21(16-6-5-7-18(14-16)29-2)20(23(27)24(25)28)22(26)17-8-9-19-15(13-17)10-12-30-19/h5-9,13-14,21,26H,3-4,10-12H2,1-2H3/b22-20-. The van der Waals surface area contributed by atoms with Gasteiger partial charge in [-0.2, -0.15) is 0 Å². The van der Waals surface area contributed by atoms with E-state index in [1.807, 2.05) is 31.2 Å². The zero-order valence-electron chi connectivity index (χ0n) is 17.2. The van der Waals surface area contributed by atoms with Gasteiger partial charge in [0.25, 0.3) is 11.7 Å². The minimum Gasteiger partial charge on any atom is -0.507 e. The highest BCUT2D eigenvalue weighted by Crippen LogP contribution is 2.41. The Bertz CT molecular complexity index is 1030. The molecule has 2 aromatic carbocycles. The Balaban J connectivity index is 1.85. The molecule has 1 fully saturated rings. The van der Waals surface area contributed by atoms with Crippen LogP contribution in [0.3, 0.4) is 0 Å². The summed E-state index contributed by atoms with van der Waals surface area (Å²) in [4.78, 5) is 27.4. The summed E-state index contributed by atoms with van der Waals surface area (Å²) in [5.74, 6) is 0.0212. The molecule has 2 aliphatic heterocycles. The third kappa shape index (κ3) is 3.43. The average molecular weight is 407 g/mol. The van der Waals surface area contributed by atoms with Crippen LogP contribution in [-0.4, -0.2) is 42.0 Å². The van der Waals surface area contributed by atoms with Gasteiger partial charge in [-0.25, -0.2) is 0 Å². The van der Waals surface area contributed by atoms with Gasteiger partial charge in [0.2, 0.25) is 0 Å². The molecule has 4 rings (SSSR count). The molecule has 0 aliphatic carbocycles. The van der Waals surface area contributed by atoms with Crippen LogP contribution in [-0.2, 0) is 16.0 Å². The van der Waals surface area contributed by atoms with Gasteiger partial charge in [0.05, 0.1) is 25.3 Å². The van der Waals surface area contributed by atoms with Gasteiger partial charge in [-0.05, 0) is 47.9 Å². The number of hydrogen-bond donors (Lipinski definition) is 1. The van der Waals surface area contributed by atoms with Crippen molar-refractivity contribution in [2.45, 2.75) is 32.2 Å². The van der Waals surface area contributed by atoms with E-state index >= 15 is 0 Å². The van der Waals surface area contributed by atoms with Crippen LogP contribution < -0.4 is 9.47 Å². The molecule has 30 heavy (non-hydrogen) atoms. The number of Topliss-reactive ketones (excluding diaryl/α,β-unsaturated/α-hetero) is 1. The minimum atomic E-state index is -0.659. The van der Waals surface area contributed by atoms with Crippen LogP contribution in [0.1, 0.15) is 42.5 Å². The number of unbranched alkanes of at least 4 members (excludes halogenated alkanes) is 1. The molecule has 0 aromatic heterocycles. The van der Waals surface area contributed by atoms with E-state index in [9.17, 15) is 14.7 Å². The number of nitrogens with zero attached hydrogens (tertiary/aromatic N) is 1. The van der Waals surface area contributed by atoms with E-state index in [0.717, 1.165) is 36.1 Å². The first-order valence-electron chi connectivity index (χ1n) is 10.2. The first-order chi connectivity index (χ1) is 14.5. The SMILES string of the molecule is CCCCN1C(=O)C(=O)/C(=C(\O)c2ccc3c(c2)CCO3)C1c1cccc(OC)c1. The second-order valence-electron chi connectivity index (χ2n) is 7.54. The zero-order chi connectivity index (χ0) is 21.3. The molecule has 156 valence electrons. The number of ketones is 1. The first-order valence-corrected chi connectivity index (χ1v) is 10.2. The van der Waals surface area contributed by atoms with Gasteiger partial charge in [0.1, 0.15) is 17.3 Å². The van der Waals surface area contributed by atoms with Crippen molar-refractivity contribution >= 4 is 17.4 Å². The Morgan fingerprint density at radius 3 is 2.83 bits per heavy atom. The third-order valence-electron chi connectivity index (χ3n) is 5.66. The van der Waals surface area contributed by atoms with Crippen LogP contribution in [0.5, 0.6) is 11.5 Å². The van der Waals surface area contributed by atoms with Gasteiger partial charge in [-0.15, -0.1) is 0 Å². The topological polar surface area (TPSA) is 76.1 Å². The number of hydrogen-bond acceptors (Lipinski definition) is 5. The molecule has 6 nitrogen and oxygen atoms in total. The number of carbonyl (C=O) groups is 2. The van der Waals surface area contributed by atoms with Crippen molar-refractivity contribution in [2.75, 3.05) is 20.3 Å². The Kier molecular flexibility index (Phi) is 5.48. The molecule has 0 radical (unpaired) electrons. The Morgan fingerprint density at radius 1 is 1.23 bits per heavy atom. The summed E-state index contributed by atoms with van der Waals surface area (Å²) in [6, 6.07) is 12.0. The average Bonchev–Trinajstić information content (AvgIpc) is 3.34. The molecule has 2 aromatic rings. The van der Waals surface area contributed by atoms with Gasteiger partial charge >= 0.3 is 0 Å². The van der Waals surface area contributed by atoms with Gasteiger partial charge in [0, 0.05) is 18.5 Å². The van der Waals surface area contributed by atoms with Crippen molar-refractivity contribution < 1.29 is 24.2 Å². The van der Waals surface area contributed by atoms with E-state index in [1.54, 1.807) is 30.2 Å². The summed E-state index contributed by atoms with van der Waals surface area (Å²) >= 11 is 0. The molecular formula is C24H25NO5. The number of aliphatic hydroxyl groups is 1. The van der Waals surface area contributed by atoms with Crippen molar-refractivity contribution in [2.24, 2.45) is 0 Å². The van der Waals surface area contributed by atoms with E-state index < -0.39 is 17.7 Å². The van der Waals surface area contributed by atoms with Crippen LogP contribution in [0.25, 0.3) is 5.76 Å². The minimum absolute atomic E-state index is 0.114. The lowest BCUT2D eigenvalue weighted by Crippen LogP contribution is -2.30.